The second-order valence-electron chi connectivity index (χ2n) is 3.34. The summed E-state index contributed by atoms with van der Waals surface area (Å²) < 4.78 is 0. The zero-order chi connectivity index (χ0) is 8.39. The molecule has 1 aliphatic heterocycles. The van der Waals surface area contributed by atoms with Gasteiger partial charge >= 0.3 is 0 Å². The van der Waals surface area contributed by atoms with Gasteiger partial charge in [-0.05, 0) is 30.5 Å². The van der Waals surface area contributed by atoms with Crippen molar-refractivity contribution in [3.05, 3.63) is 35.4 Å². The predicted molar refractivity (Wildman–Crippen MR) is 50.9 cm³/mol. The number of hydrogen-bond donors (Lipinski definition) is 0. The highest BCUT2D eigenvalue weighted by Gasteiger charge is 2.08. The molecule has 2 radical (unpaired) electrons. The van der Waals surface area contributed by atoms with E-state index in [4.69, 9.17) is 7.98 Å². The predicted octanol–water partition coefficient (Wildman–Crippen LogP) is 1.52. The number of fused-ring (bicyclic) bond motifs is 1. The van der Waals surface area contributed by atoms with Gasteiger partial charge < -0.3 is 4.81 Å². The summed E-state index contributed by atoms with van der Waals surface area (Å²) in [6.45, 7) is 1.91. The Morgan fingerprint density at radius 1 is 1.17 bits per heavy atom. The number of aryl methyl sites for hydroxylation is 1. The van der Waals surface area contributed by atoms with Crippen LogP contribution in [0.4, 0.5) is 0 Å². The lowest BCUT2D eigenvalue weighted by atomic mass is 10.0. The highest BCUT2D eigenvalue weighted by atomic mass is 15.0. The lowest BCUT2D eigenvalue weighted by Gasteiger charge is -2.13. The molecular weight excluding hydrogens is 145 g/mol. The average Bonchev–Trinajstić information content (AvgIpc) is 2.25. The van der Waals surface area contributed by atoms with Crippen molar-refractivity contribution in [2.45, 2.75) is 19.4 Å². The molecule has 0 N–H and O–H groups in total. The van der Waals surface area contributed by atoms with Crippen LogP contribution in [0.5, 0.6) is 0 Å². The molecule has 0 saturated heterocycles. The van der Waals surface area contributed by atoms with Gasteiger partial charge in [0.05, 0.1) is 0 Å². The largest absolute Gasteiger partial charge is 0.350 e. The van der Waals surface area contributed by atoms with E-state index in [-0.39, 0.29) is 0 Å². The number of hydrogen-bond acceptors (Lipinski definition) is 1. The minimum Gasteiger partial charge on any atom is -0.350 e. The van der Waals surface area contributed by atoms with Gasteiger partial charge in [0.2, 0.25) is 0 Å². The maximum atomic E-state index is 5.78. The molecule has 1 heterocycles. The topological polar surface area (TPSA) is 3.24 Å². The smallest absolute Gasteiger partial charge is 0.182 e. The highest BCUT2D eigenvalue weighted by molar-refractivity contribution is 6.04. The van der Waals surface area contributed by atoms with Gasteiger partial charge in [0.1, 0.15) is 0 Å². The van der Waals surface area contributed by atoms with Crippen molar-refractivity contribution in [3.63, 3.8) is 0 Å². The Hall–Kier alpha value is -0.755. The lowest BCUT2D eigenvalue weighted by Crippen LogP contribution is -2.18. The summed E-state index contributed by atoms with van der Waals surface area (Å²) in [6.07, 6.45) is 2.34. The van der Waals surface area contributed by atoms with E-state index in [1.165, 1.54) is 24.0 Å². The van der Waals surface area contributed by atoms with Gasteiger partial charge in [-0.3, -0.25) is 0 Å². The molecule has 0 saturated carbocycles. The van der Waals surface area contributed by atoms with E-state index in [9.17, 15) is 0 Å². The number of benzene rings is 1. The van der Waals surface area contributed by atoms with E-state index >= 15 is 0 Å². The second kappa shape index (κ2) is 3.32. The van der Waals surface area contributed by atoms with E-state index in [0.717, 1.165) is 13.1 Å². The first-order chi connectivity index (χ1) is 5.86. The third kappa shape index (κ3) is 1.53. The molecule has 0 atom stereocenters. The Bertz CT molecular complexity index is 272. The first-order valence-electron chi connectivity index (χ1n) is 4.43. The van der Waals surface area contributed by atoms with Crippen LogP contribution in [-0.4, -0.2) is 19.3 Å². The van der Waals surface area contributed by atoms with Crippen molar-refractivity contribution in [3.8, 4) is 0 Å². The summed E-state index contributed by atoms with van der Waals surface area (Å²) in [7, 11) is 5.78. The summed E-state index contributed by atoms with van der Waals surface area (Å²) in [5.74, 6) is 0. The highest BCUT2D eigenvalue weighted by Crippen LogP contribution is 2.16. The molecule has 0 bridgehead atoms. The fraction of sp³-hybridized carbons (Fsp3) is 0.400. The van der Waals surface area contributed by atoms with Crippen LogP contribution in [0.1, 0.15) is 17.5 Å². The summed E-state index contributed by atoms with van der Waals surface area (Å²) in [6, 6.07) is 8.55. The van der Waals surface area contributed by atoms with Crippen molar-refractivity contribution in [2.24, 2.45) is 0 Å². The summed E-state index contributed by atoms with van der Waals surface area (Å²) in [4.78, 5) is 1.89. The molecule has 0 spiro atoms. The average molecular weight is 157 g/mol. The van der Waals surface area contributed by atoms with Crippen LogP contribution in [0, 0.1) is 0 Å². The van der Waals surface area contributed by atoms with Gasteiger partial charge in [-0.2, -0.15) is 0 Å². The number of nitrogens with zero attached hydrogens (tertiary/aromatic N) is 1. The van der Waals surface area contributed by atoms with Crippen LogP contribution in [-0.2, 0) is 13.0 Å². The molecule has 60 valence electrons. The Balaban J connectivity index is 2.31. The number of rotatable bonds is 0. The van der Waals surface area contributed by atoms with E-state index in [1.54, 1.807) is 0 Å². The van der Waals surface area contributed by atoms with Gasteiger partial charge in [0.25, 0.3) is 0 Å². The van der Waals surface area contributed by atoms with Crippen molar-refractivity contribution >= 4 is 7.98 Å². The SMILES string of the molecule is [B]N1CCCc2ccccc2C1. The summed E-state index contributed by atoms with van der Waals surface area (Å²) in [5, 5.41) is 0. The monoisotopic (exact) mass is 157 g/mol. The molecule has 1 nitrogen and oxygen atoms in total. The summed E-state index contributed by atoms with van der Waals surface area (Å²) in [5.41, 5.74) is 2.85. The first kappa shape index (κ1) is 7.87. The Kier molecular flexibility index (Phi) is 2.18. The molecule has 2 heteroatoms. The van der Waals surface area contributed by atoms with Crippen LogP contribution >= 0.6 is 0 Å². The fourth-order valence-corrected chi connectivity index (χ4v) is 1.73. The molecule has 1 aromatic rings. The van der Waals surface area contributed by atoms with Gasteiger partial charge in [-0.1, -0.05) is 24.3 Å². The van der Waals surface area contributed by atoms with Crippen molar-refractivity contribution in [2.75, 3.05) is 6.54 Å². The quantitative estimate of drug-likeness (QED) is 0.516. The molecule has 0 fully saturated rings. The molecule has 1 aliphatic rings. The lowest BCUT2D eigenvalue weighted by molar-refractivity contribution is 0.453. The molecule has 2 rings (SSSR count). The fourth-order valence-electron chi connectivity index (χ4n) is 1.73. The third-order valence-electron chi connectivity index (χ3n) is 2.38. The maximum Gasteiger partial charge on any atom is 0.182 e. The van der Waals surface area contributed by atoms with Gasteiger partial charge in [-0.25, -0.2) is 0 Å². The van der Waals surface area contributed by atoms with Crippen molar-refractivity contribution in [1.29, 1.82) is 0 Å². The Labute approximate surface area is 74.8 Å². The normalized spacial score (nSPS) is 18.3. The van der Waals surface area contributed by atoms with Gasteiger partial charge in [0.15, 0.2) is 7.98 Å². The van der Waals surface area contributed by atoms with Crippen LogP contribution in [0.15, 0.2) is 24.3 Å². The van der Waals surface area contributed by atoms with E-state index in [0.29, 0.717) is 0 Å². The zero-order valence-electron chi connectivity index (χ0n) is 7.16. The molecule has 12 heavy (non-hydrogen) atoms. The minimum atomic E-state index is 0.899. The molecular formula is C10H12BN. The van der Waals surface area contributed by atoms with Crippen LogP contribution in [0.25, 0.3) is 0 Å². The first-order valence-corrected chi connectivity index (χ1v) is 4.43. The Morgan fingerprint density at radius 3 is 2.75 bits per heavy atom. The standard InChI is InChI=1S/C10H12BN/c11-12-7-3-6-9-4-1-2-5-10(9)8-12/h1-2,4-5H,3,6-8H2. The Morgan fingerprint density at radius 2 is 1.92 bits per heavy atom. The maximum absolute atomic E-state index is 5.78. The van der Waals surface area contributed by atoms with Crippen LogP contribution in [0.2, 0.25) is 0 Å². The summed E-state index contributed by atoms with van der Waals surface area (Å²) >= 11 is 0. The molecule has 0 unspecified atom stereocenters. The van der Waals surface area contributed by atoms with Crippen molar-refractivity contribution in [1.82, 2.24) is 4.81 Å². The second-order valence-corrected chi connectivity index (χ2v) is 3.34. The van der Waals surface area contributed by atoms with Crippen LogP contribution < -0.4 is 0 Å². The van der Waals surface area contributed by atoms with Crippen molar-refractivity contribution < 1.29 is 0 Å². The molecule has 0 amide bonds. The third-order valence-corrected chi connectivity index (χ3v) is 2.38. The molecule has 0 aromatic heterocycles. The van der Waals surface area contributed by atoms with Gasteiger partial charge in [-0.15, -0.1) is 0 Å². The van der Waals surface area contributed by atoms with E-state index in [2.05, 4.69) is 24.3 Å². The van der Waals surface area contributed by atoms with E-state index in [1.807, 2.05) is 4.81 Å². The zero-order valence-corrected chi connectivity index (χ0v) is 7.16. The molecule has 0 aliphatic carbocycles. The van der Waals surface area contributed by atoms with Crippen LogP contribution in [0.3, 0.4) is 0 Å². The van der Waals surface area contributed by atoms with E-state index < -0.39 is 0 Å². The molecule has 1 aromatic carbocycles. The van der Waals surface area contributed by atoms with Gasteiger partial charge in [0, 0.05) is 6.54 Å². The minimum absolute atomic E-state index is 0.899.